The first-order valence-corrected chi connectivity index (χ1v) is 9.59. The van der Waals surface area contributed by atoms with Crippen LogP contribution in [-0.4, -0.2) is 17.4 Å². The highest BCUT2D eigenvalue weighted by molar-refractivity contribution is 5.79. The molecule has 1 heterocycles. The predicted molar refractivity (Wildman–Crippen MR) is 109 cm³/mol. The van der Waals surface area contributed by atoms with E-state index in [9.17, 15) is 9.18 Å². The topological polar surface area (TPSA) is 32.3 Å². The average Bonchev–Trinajstić information content (AvgIpc) is 2.74. The summed E-state index contributed by atoms with van der Waals surface area (Å²) in [6, 6.07) is 22.8. The van der Waals surface area contributed by atoms with Gasteiger partial charge in [0.15, 0.2) is 0 Å². The molecule has 0 fully saturated rings. The van der Waals surface area contributed by atoms with E-state index in [-0.39, 0.29) is 11.7 Å². The lowest BCUT2D eigenvalue weighted by molar-refractivity contribution is -0.131. The molecule has 4 rings (SSSR count). The summed E-state index contributed by atoms with van der Waals surface area (Å²) in [5.74, 6) is -0.0588. The van der Waals surface area contributed by atoms with Crippen molar-refractivity contribution in [2.75, 3.05) is 11.9 Å². The lowest BCUT2D eigenvalue weighted by Crippen LogP contribution is -2.36. The van der Waals surface area contributed by atoms with Gasteiger partial charge in [-0.15, -0.1) is 0 Å². The molecule has 28 heavy (non-hydrogen) atoms. The minimum atomic E-state index is -0.227. The van der Waals surface area contributed by atoms with Crippen molar-refractivity contribution >= 4 is 11.6 Å². The molecule has 1 aliphatic heterocycles. The van der Waals surface area contributed by atoms with Gasteiger partial charge in [-0.05, 0) is 52.9 Å². The molecular weight excluding hydrogens is 351 g/mol. The maximum absolute atomic E-state index is 13.0. The number of amides is 1. The number of fused-ring (bicyclic) bond motifs is 1. The third-order valence-corrected chi connectivity index (χ3v) is 5.20. The highest BCUT2D eigenvalue weighted by atomic mass is 19.1. The zero-order valence-corrected chi connectivity index (χ0v) is 15.7. The van der Waals surface area contributed by atoms with E-state index in [4.69, 9.17) is 0 Å². The molecule has 3 aromatic carbocycles. The number of benzene rings is 3. The largest absolute Gasteiger partial charge is 0.381 e. The van der Waals surface area contributed by atoms with E-state index in [1.807, 2.05) is 35.2 Å². The Labute approximate surface area is 164 Å². The van der Waals surface area contributed by atoms with Gasteiger partial charge >= 0.3 is 0 Å². The van der Waals surface area contributed by atoms with Gasteiger partial charge in [0.2, 0.25) is 5.91 Å². The van der Waals surface area contributed by atoms with Crippen LogP contribution in [0, 0.1) is 5.82 Å². The SMILES string of the molecule is O=C(Cc1ccc(NCc2ccc(F)cc2)cc1)N1CCc2ccccc2C1. The highest BCUT2D eigenvalue weighted by Gasteiger charge is 2.20. The number of hydrogen-bond acceptors (Lipinski definition) is 2. The lowest BCUT2D eigenvalue weighted by atomic mass is 9.99. The minimum absolute atomic E-state index is 0.168. The number of rotatable bonds is 5. The fourth-order valence-corrected chi connectivity index (χ4v) is 3.54. The molecule has 0 atom stereocenters. The second kappa shape index (κ2) is 8.26. The number of halogens is 1. The van der Waals surface area contributed by atoms with Crippen LogP contribution in [0.25, 0.3) is 0 Å². The van der Waals surface area contributed by atoms with Gasteiger partial charge in [0.05, 0.1) is 6.42 Å². The summed E-state index contributed by atoms with van der Waals surface area (Å²) >= 11 is 0. The first kappa shape index (κ1) is 18.2. The van der Waals surface area contributed by atoms with Crippen molar-refractivity contribution in [3.63, 3.8) is 0 Å². The van der Waals surface area contributed by atoms with Crippen molar-refractivity contribution in [1.82, 2.24) is 4.90 Å². The number of nitrogens with one attached hydrogen (secondary N) is 1. The number of nitrogens with zero attached hydrogens (tertiary/aromatic N) is 1. The number of anilines is 1. The Morgan fingerprint density at radius 2 is 1.57 bits per heavy atom. The summed E-state index contributed by atoms with van der Waals surface area (Å²) in [5, 5.41) is 3.32. The number of carbonyl (C=O) groups is 1. The smallest absolute Gasteiger partial charge is 0.227 e. The van der Waals surface area contributed by atoms with Gasteiger partial charge in [0.25, 0.3) is 0 Å². The van der Waals surface area contributed by atoms with E-state index < -0.39 is 0 Å². The maximum atomic E-state index is 13.0. The van der Waals surface area contributed by atoms with Crippen molar-refractivity contribution < 1.29 is 9.18 Å². The van der Waals surface area contributed by atoms with Crippen molar-refractivity contribution in [2.24, 2.45) is 0 Å². The molecule has 142 valence electrons. The van der Waals surface area contributed by atoms with Gasteiger partial charge in [-0.3, -0.25) is 4.79 Å². The van der Waals surface area contributed by atoms with Crippen LogP contribution in [-0.2, 0) is 30.7 Å². The number of carbonyl (C=O) groups excluding carboxylic acids is 1. The Morgan fingerprint density at radius 1 is 0.893 bits per heavy atom. The van der Waals surface area contributed by atoms with E-state index in [1.165, 1.54) is 23.3 Å². The van der Waals surface area contributed by atoms with Crippen LogP contribution in [0.3, 0.4) is 0 Å². The molecule has 3 nitrogen and oxygen atoms in total. The molecule has 0 radical (unpaired) electrons. The van der Waals surface area contributed by atoms with Crippen LogP contribution in [0.2, 0.25) is 0 Å². The van der Waals surface area contributed by atoms with Crippen molar-refractivity contribution in [2.45, 2.75) is 25.9 Å². The second-order valence-electron chi connectivity index (χ2n) is 7.19. The van der Waals surface area contributed by atoms with E-state index in [0.717, 1.165) is 29.8 Å². The minimum Gasteiger partial charge on any atom is -0.381 e. The Balaban J connectivity index is 1.31. The lowest BCUT2D eigenvalue weighted by Gasteiger charge is -2.29. The molecule has 0 aromatic heterocycles. The summed E-state index contributed by atoms with van der Waals surface area (Å²) in [7, 11) is 0. The summed E-state index contributed by atoms with van der Waals surface area (Å²) in [4.78, 5) is 14.6. The summed E-state index contributed by atoms with van der Waals surface area (Å²) in [6.45, 7) is 2.12. The second-order valence-corrected chi connectivity index (χ2v) is 7.19. The van der Waals surface area contributed by atoms with Gasteiger partial charge in [-0.2, -0.15) is 0 Å². The molecule has 0 saturated carbocycles. The molecule has 0 saturated heterocycles. The highest BCUT2D eigenvalue weighted by Crippen LogP contribution is 2.20. The van der Waals surface area contributed by atoms with Crippen LogP contribution >= 0.6 is 0 Å². The fourth-order valence-electron chi connectivity index (χ4n) is 3.54. The molecule has 0 bridgehead atoms. The van der Waals surface area contributed by atoms with Crippen LogP contribution in [0.1, 0.15) is 22.3 Å². The van der Waals surface area contributed by atoms with E-state index in [1.54, 1.807) is 12.1 Å². The third-order valence-electron chi connectivity index (χ3n) is 5.20. The van der Waals surface area contributed by atoms with Gasteiger partial charge in [-0.1, -0.05) is 48.5 Å². The van der Waals surface area contributed by atoms with Crippen LogP contribution in [0.15, 0.2) is 72.8 Å². The fraction of sp³-hybridized carbons (Fsp3) is 0.208. The van der Waals surface area contributed by atoms with Gasteiger partial charge in [-0.25, -0.2) is 4.39 Å². The van der Waals surface area contributed by atoms with Crippen molar-refractivity contribution in [3.8, 4) is 0 Å². The van der Waals surface area contributed by atoms with E-state index >= 15 is 0 Å². The van der Waals surface area contributed by atoms with Gasteiger partial charge in [0, 0.05) is 25.3 Å². The first-order chi connectivity index (χ1) is 13.7. The third kappa shape index (κ3) is 4.39. The van der Waals surface area contributed by atoms with Gasteiger partial charge in [0.1, 0.15) is 5.82 Å². The predicted octanol–water partition coefficient (Wildman–Crippen LogP) is 4.57. The summed E-state index contributed by atoms with van der Waals surface area (Å²) < 4.78 is 13.0. The van der Waals surface area contributed by atoms with Crippen LogP contribution in [0.5, 0.6) is 0 Å². The summed E-state index contributed by atoms with van der Waals surface area (Å²) in [5.41, 5.74) is 5.61. The monoisotopic (exact) mass is 374 g/mol. The average molecular weight is 374 g/mol. The Bertz CT molecular complexity index is 951. The molecule has 4 heteroatoms. The zero-order chi connectivity index (χ0) is 19.3. The van der Waals surface area contributed by atoms with Gasteiger partial charge < -0.3 is 10.2 Å². The van der Waals surface area contributed by atoms with E-state index in [0.29, 0.717) is 19.5 Å². The molecule has 3 aromatic rings. The first-order valence-electron chi connectivity index (χ1n) is 9.59. The normalized spacial score (nSPS) is 13.1. The molecule has 1 N–H and O–H groups in total. The summed E-state index contributed by atoms with van der Waals surface area (Å²) in [6.07, 6.45) is 1.34. The quantitative estimate of drug-likeness (QED) is 0.710. The molecule has 0 aliphatic carbocycles. The number of hydrogen-bond donors (Lipinski definition) is 1. The van der Waals surface area contributed by atoms with Crippen molar-refractivity contribution in [1.29, 1.82) is 0 Å². The molecular formula is C24H23FN2O. The maximum Gasteiger partial charge on any atom is 0.227 e. The van der Waals surface area contributed by atoms with Crippen LogP contribution < -0.4 is 5.32 Å². The molecule has 1 amide bonds. The van der Waals surface area contributed by atoms with Crippen LogP contribution in [0.4, 0.5) is 10.1 Å². The van der Waals surface area contributed by atoms with Crippen molar-refractivity contribution in [3.05, 3.63) is 101 Å². The Kier molecular flexibility index (Phi) is 5.38. The zero-order valence-electron chi connectivity index (χ0n) is 15.7. The standard InChI is InChI=1S/C24H23FN2O/c25-22-9-5-19(6-10-22)16-26-23-11-7-18(8-12-23)15-24(28)27-14-13-20-3-1-2-4-21(20)17-27/h1-12,26H,13-17H2. The Hall–Kier alpha value is -3.14. The molecule has 0 unspecified atom stereocenters. The van der Waals surface area contributed by atoms with E-state index in [2.05, 4.69) is 23.5 Å². The Morgan fingerprint density at radius 3 is 2.32 bits per heavy atom. The molecule has 1 aliphatic rings. The molecule has 0 spiro atoms.